The number of benzene rings is 1. The highest BCUT2D eigenvalue weighted by Gasteiger charge is 2.30. The van der Waals surface area contributed by atoms with E-state index in [0.717, 1.165) is 19.3 Å². The van der Waals surface area contributed by atoms with Gasteiger partial charge in [0.25, 0.3) is 0 Å². The maximum atomic E-state index is 12.4. The first-order chi connectivity index (χ1) is 9.97. The molecule has 0 unspecified atom stereocenters. The van der Waals surface area contributed by atoms with Gasteiger partial charge in [-0.2, -0.15) is 5.26 Å². The fourth-order valence-corrected chi connectivity index (χ4v) is 4.28. The summed E-state index contributed by atoms with van der Waals surface area (Å²) in [4.78, 5) is 2.63. The molecule has 0 spiro atoms. The number of hydrogen-bond acceptors (Lipinski definition) is 4. The van der Waals surface area contributed by atoms with E-state index in [1.165, 1.54) is 12.1 Å². The van der Waals surface area contributed by atoms with E-state index in [-0.39, 0.29) is 5.75 Å². The maximum absolute atomic E-state index is 12.4. The Kier molecular flexibility index (Phi) is 5.02. The van der Waals surface area contributed by atoms with Crippen molar-refractivity contribution >= 4 is 9.84 Å². The van der Waals surface area contributed by atoms with Gasteiger partial charge in [-0.05, 0) is 50.5 Å². The van der Waals surface area contributed by atoms with Crippen molar-refractivity contribution in [3.05, 3.63) is 29.8 Å². The minimum Gasteiger partial charge on any atom is -0.297 e. The van der Waals surface area contributed by atoms with Crippen LogP contribution in [0.1, 0.15) is 38.7 Å². The van der Waals surface area contributed by atoms with Gasteiger partial charge in [-0.1, -0.05) is 6.92 Å². The molecule has 114 valence electrons. The first-order valence-electron chi connectivity index (χ1n) is 7.46. The average Bonchev–Trinajstić information content (AvgIpc) is 2.85. The summed E-state index contributed by atoms with van der Waals surface area (Å²) in [7, 11) is -3.28. The third-order valence-corrected chi connectivity index (χ3v) is 6.10. The lowest BCUT2D eigenvalue weighted by Gasteiger charge is -2.27. The van der Waals surface area contributed by atoms with Gasteiger partial charge in [0.05, 0.1) is 22.3 Å². The molecule has 21 heavy (non-hydrogen) atoms. The summed E-state index contributed by atoms with van der Waals surface area (Å²) in [5, 5.41) is 8.76. The normalized spacial score (nSPS) is 23.1. The molecule has 1 heterocycles. The third kappa shape index (κ3) is 3.63. The predicted molar refractivity (Wildman–Crippen MR) is 82.7 cm³/mol. The molecular weight excluding hydrogens is 284 g/mol. The van der Waals surface area contributed by atoms with Crippen LogP contribution in [0.15, 0.2) is 29.2 Å². The molecule has 0 saturated carbocycles. The highest BCUT2D eigenvalue weighted by Crippen LogP contribution is 2.26. The Morgan fingerprint density at radius 3 is 2.52 bits per heavy atom. The standard InChI is InChI=1S/C16H22N2O2S/c1-3-15-7-4-13(2)18(15)10-11-21(19,20)16-8-5-14(12-17)6-9-16/h5-6,8-9,13,15H,3-4,7,10-11H2,1-2H3/t13-,15-/m0/s1. The molecule has 1 aliphatic heterocycles. The molecule has 0 radical (unpaired) electrons. The molecule has 0 bridgehead atoms. The zero-order valence-corrected chi connectivity index (χ0v) is 13.4. The summed E-state index contributed by atoms with van der Waals surface area (Å²) in [5.41, 5.74) is 0.480. The van der Waals surface area contributed by atoms with E-state index < -0.39 is 9.84 Å². The third-order valence-electron chi connectivity index (χ3n) is 4.38. The van der Waals surface area contributed by atoms with Crippen LogP contribution < -0.4 is 0 Å². The van der Waals surface area contributed by atoms with E-state index in [1.807, 2.05) is 6.07 Å². The van der Waals surface area contributed by atoms with Gasteiger partial charge in [0.15, 0.2) is 9.84 Å². The molecule has 0 amide bonds. The Bertz CT molecular complexity index is 617. The summed E-state index contributed by atoms with van der Waals surface area (Å²) in [5.74, 6) is 0.139. The zero-order chi connectivity index (χ0) is 15.5. The fraction of sp³-hybridized carbons (Fsp3) is 0.562. The molecule has 0 aromatic heterocycles. The summed E-state index contributed by atoms with van der Waals surface area (Å²) < 4.78 is 24.8. The minimum absolute atomic E-state index is 0.139. The van der Waals surface area contributed by atoms with Crippen molar-refractivity contribution in [2.24, 2.45) is 0 Å². The number of rotatable bonds is 5. The largest absolute Gasteiger partial charge is 0.297 e. The van der Waals surface area contributed by atoms with Crippen LogP contribution in [0.3, 0.4) is 0 Å². The van der Waals surface area contributed by atoms with Crippen molar-refractivity contribution in [2.75, 3.05) is 12.3 Å². The summed E-state index contributed by atoms with van der Waals surface area (Å²) >= 11 is 0. The molecule has 0 N–H and O–H groups in total. The Hall–Kier alpha value is -1.38. The number of sulfone groups is 1. The number of hydrogen-bond donors (Lipinski definition) is 0. The number of nitrogens with zero attached hydrogens (tertiary/aromatic N) is 2. The minimum atomic E-state index is -3.28. The quantitative estimate of drug-likeness (QED) is 0.839. The van der Waals surface area contributed by atoms with Gasteiger partial charge < -0.3 is 0 Å². The molecule has 1 aromatic carbocycles. The van der Waals surface area contributed by atoms with Crippen molar-refractivity contribution in [3.8, 4) is 6.07 Å². The molecule has 2 atom stereocenters. The van der Waals surface area contributed by atoms with E-state index in [0.29, 0.717) is 29.1 Å². The zero-order valence-electron chi connectivity index (χ0n) is 12.6. The van der Waals surface area contributed by atoms with Crippen LogP contribution in [0.4, 0.5) is 0 Å². The molecule has 1 aliphatic rings. The van der Waals surface area contributed by atoms with Crippen LogP contribution in [0.25, 0.3) is 0 Å². The first kappa shape index (κ1) is 16.0. The average molecular weight is 306 g/mol. The molecule has 1 fully saturated rings. The lowest BCUT2D eigenvalue weighted by molar-refractivity contribution is 0.211. The Morgan fingerprint density at radius 2 is 1.95 bits per heavy atom. The van der Waals surface area contributed by atoms with Crippen molar-refractivity contribution < 1.29 is 8.42 Å². The van der Waals surface area contributed by atoms with E-state index in [2.05, 4.69) is 18.7 Å². The Labute approximate surface area is 127 Å². The lowest BCUT2D eigenvalue weighted by atomic mass is 10.2. The molecule has 4 nitrogen and oxygen atoms in total. The summed E-state index contributed by atoms with van der Waals surface area (Å²) in [6, 6.07) is 9.14. The lowest BCUT2D eigenvalue weighted by Crippen LogP contribution is -2.37. The van der Waals surface area contributed by atoms with Crippen LogP contribution in [-0.4, -0.2) is 37.7 Å². The predicted octanol–water partition coefficient (Wildman–Crippen LogP) is 2.59. The van der Waals surface area contributed by atoms with Gasteiger partial charge in [0.1, 0.15) is 0 Å². The van der Waals surface area contributed by atoms with E-state index in [4.69, 9.17) is 5.26 Å². The smallest absolute Gasteiger partial charge is 0.179 e. The van der Waals surface area contributed by atoms with Crippen LogP contribution in [0.5, 0.6) is 0 Å². The summed E-state index contributed by atoms with van der Waals surface area (Å²) in [6.45, 7) is 4.91. The van der Waals surface area contributed by atoms with Gasteiger partial charge in [-0.3, -0.25) is 4.90 Å². The van der Waals surface area contributed by atoms with Crippen molar-refractivity contribution in [2.45, 2.75) is 50.1 Å². The molecular formula is C16H22N2O2S. The van der Waals surface area contributed by atoms with Gasteiger partial charge >= 0.3 is 0 Å². The second-order valence-corrected chi connectivity index (χ2v) is 7.79. The van der Waals surface area contributed by atoms with Crippen molar-refractivity contribution in [1.82, 2.24) is 4.90 Å². The van der Waals surface area contributed by atoms with E-state index in [1.54, 1.807) is 12.1 Å². The second kappa shape index (κ2) is 6.59. The number of likely N-dealkylation sites (tertiary alicyclic amines) is 1. The van der Waals surface area contributed by atoms with E-state index >= 15 is 0 Å². The molecule has 0 aliphatic carbocycles. The summed E-state index contributed by atoms with van der Waals surface area (Å²) in [6.07, 6.45) is 3.38. The van der Waals surface area contributed by atoms with Gasteiger partial charge in [-0.15, -0.1) is 0 Å². The molecule has 2 rings (SSSR count). The van der Waals surface area contributed by atoms with Crippen LogP contribution in [-0.2, 0) is 9.84 Å². The van der Waals surface area contributed by atoms with Crippen LogP contribution in [0.2, 0.25) is 0 Å². The first-order valence-corrected chi connectivity index (χ1v) is 9.12. The highest BCUT2D eigenvalue weighted by atomic mass is 32.2. The fourth-order valence-electron chi connectivity index (χ4n) is 3.05. The van der Waals surface area contributed by atoms with Crippen molar-refractivity contribution in [1.29, 1.82) is 5.26 Å². The monoisotopic (exact) mass is 306 g/mol. The maximum Gasteiger partial charge on any atom is 0.179 e. The second-order valence-electron chi connectivity index (χ2n) is 5.68. The highest BCUT2D eigenvalue weighted by molar-refractivity contribution is 7.91. The molecule has 1 saturated heterocycles. The molecule has 1 aromatic rings. The van der Waals surface area contributed by atoms with Crippen molar-refractivity contribution in [3.63, 3.8) is 0 Å². The van der Waals surface area contributed by atoms with Crippen LogP contribution >= 0.6 is 0 Å². The topological polar surface area (TPSA) is 61.2 Å². The van der Waals surface area contributed by atoms with Gasteiger partial charge in [0, 0.05) is 18.6 Å². The van der Waals surface area contributed by atoms with Gasteiger partial charge in [0.2, 0.25) is 0 Å². The number of nitriles is 1. The van der Waals surface area contributed by atoms with E-state index in [9.17, 15) is 8.42 Å². The Balaban J connectivity index is 2.05. The molecule has 5 heteroatoms. The Morgan fingerprint density at radius 1 is 1.29 bits per heavy atom. The van der Waals surface area contributed by atoms with Gasteiger partial charge in [-0.25, -0.2) is 8.42 Å². The van der Waals surface area contributed by atoms with Crippen LogP contribution in [0, 0.1) is 11.3 Å². The SMILES string of the molecule is CC[C@H]1CC[C@H](C)N1CCS(=O)(=O)c1ccc(C#N)cc1.